The lowest BCUT2D eigenvalue weighted by Crippen LogP contribution is -2.21. The highest BCUT2D eigenvalue weighted by molar-refractivity contribution is 5.43. The van der Waals surface area contributed by atoms with E-state index in [9.17, 15) is 0 Å². The van der Waals surface area contributed by atoms with Crippen LogP contribution in [0.2, 0.25) is 0 Å². The zero-order chi connectivity index (χ0) is 13.7. The quantitative estimate of drug-likeness (QED) is 0.847. The van der Waals surface area contributed by atoms with Crippen LogP contribution < -0.4 is 15.2 Å². The SMILES string of the molecule is COc1ccc(C2CCCCCC2CN)c(OC)c1. The third-order valence-electron chi connectivity index (χ3n) is 4.30. The van der Waals surface area contributed by atoms with Crippen LogP contribution in [0.25, 0.3) is 0 Å². The van der Waals surface area contributed by atoms with Gasteiger partial charge in [0.1, 0.15) is 11.5 Å². The summed E-state index contributed by atoms with van der Waals surface area (Å²) in [6.07, 6.45) is 6.36. The summed E-state index contributed by atoms with van der Waals surface area (Å²) in [6.45, 7) is 0.764. The number of hydrogen-bond donors (Lipinski definition) is 1. The fraction of sp³-hybridized carbons (Fsp3) is 0.625. The molecular weight excluding hydrogens is 238 g/mol. The Labute approximate surface area is 116 Å². The van der Waals surface area contributed by atoms with Gasteiger partial charge in [-0.3, -0.25) is 0 Å². The Kier molecular flexibility index (Phi) is 5.08. The van der Waals surface area contributed by atoms with Gasteiger partial charge >= 0.3 is 0 Å². The average Bonchev–Trinajstić information content (AvgIpc) is 2.71. The summed E-state index contributed by atoms with van der Waals surface area (Å²) in [5.41, 5.74) is 7.27. The molecule has 0 aliphatic heterocycles. The first kappa shape index (κ1) is 14.2. The molecule has 0 amide bonds. The molecule has 1 aliphatic rings. The highest BCUT2D eigenvalue weighted by Crippen LogP contribution is 2.41. The van der Waals surface area contributed by atoms with E-state index in [4.69, 9.17) is 15.2 Å². The third kappa shape index (κ3) is 3.21. The molecule has 106 valence electrons. The van der Waals surface area contributed by atoms with Gasteiger partial charge in [0.15, 0.2) is 0 Å². The van der Waals surface area contributed by atoms with Crippen LogP contribution in [0.5, 0.6) is 11.5 Å². The molecule has 1 saturated carbocycles. The highest BCUT2D eigenvalue weighted by Gasteiger charge is 2.26. The number of ether oxygens (including phenoxy) is 2. The Balaban J connectivity index is 2.31. The second-order valence-corrected chi connectivity index (χ2v) is 5.35. The minimum atomic E-state index is 0.522. The van der Waals surface area contributed by atoms with E-state index in [-0.39, 0.29) is 0 Å². The van der Waals surface area contributed by atoms with E-state index in [0.717, 1.165) is 18.0 Å². The van der Waals surface area contributed by atoms with Crippen LogP contribution in [0.3, 0.4) is 0 Å². The molecule has 0 bridgehead atoms. The predicted molar refractivity (Wildman–Crippen MR) is 77.9 cm³/mol. The molecule has 1 aliphatic carbocycles. The second-order valence-electron chi connectivity index (χ2n) is 5.35. The molecule has 2 unspecified atom stereocenters. The first-order valence-corrected chi connectivity index (χ1v) is 7.22. The summed E-state index contributed by atoms with van der Waals surface area (Å²) in [4.78, 5) is 0. The van der Waals surface area contributed by atoms with E-state index in [1.165, 1.54) is 37.7 Å². The van der Waals surface area contributed by atoms with Crippen molar-refractivity contribution in [2.75, 3.05) is 20.8 Å². The number of rotatable bonds is 4. The van der Waals surface area contributed by atoms with Gasteiger partial charge in [-0.15, -0.1) is 0 Å². The molecule has 2 N–H and O–H groups in total. The summed E-state index contributed by atoms with van der Waals surface area (Å²) in [7, 11) is 3.41. The fourth-order valence-electron chi connectivity index (χ4n) is 3.20. The normalized spacial score (nSPS) is 23.7. The van der Waals surface area contributed by atoms with Gasteiger partial charge in [0.2, 0.25) is 0 Å². The van der Waals surface area contributed by atoms with Gasteiger partial charge in [0, 0.05) is 6.07 Å². The van der Waals surface area contributed by atoms with Gasteiger partial charge in [0.05, 0.1) is 14.2 Å². The number of nitrogens with two attached hydrogens (primary N) is 1. The van der Waals surface area contributed by atoms with Crippen molar-refractivity contribution in [3.63, 3.8) is 0 Å². The molecular formula is C16H25NO2. The lowest BCUT2D eigenvalue weighted by Gasteiger charge is -2.26. The first-order chi connectivity index (χ1) is 9.30. The maximum atomic E-state index is 5.98. The van der Waals surface area contributed by atoms with Gasteiger partial charge in [-0.2, -0.15) is 0 Å². The van der Waals surface area contributed by atoms with Crippen LogP contribution in [0.1, 0.15) is 43.6 Å². The Morgan fingerprint density at radius 3 is 2.58 bits per heavy atom. The maximum Gasteiger partial charge on any atom is 0.126 e. The molecule has 2 atom stereocenters. The molecule has 0 spiro atoms. The predicted octanol–water partition coefficient (Wildman–Crippen LogP) is 3.33. The minimum absolute atomic E-state index is 0.522. The van der Waals surface area contributed by atoms with Crippen LogP contribution in [-0.2, 0) is 0 Å². The third-order valence-corrected chi connectivity index (χ3v) is 4.30. The van der Waals surface area contributed by atoms with E-state index in [1.54, 1.807) is 14.2 Å². The molecule has 0 saturated heterocycles. The lowest BCUT2D eigenvalue weighted by molar-refractivity contribution is 0.365. The summed E-state index contributed by atoms with van der Waals surface area (Å²) in [6, 6.07) is 6.15. The van der Waals surface area contributed by atoms with Crippen molar-refractivity contribution in [3.8, 4) is 11.5 Å². The zero-order valence-corrected chi connectivity index (χ0v) is 12.0. The molecule has 0 heterocycles. The minimum Gasteiger partial charge on any atom is -0.497 e. The van der Waals surface area contributed by atoms with E-state index >= 15 is 0 Å². The summed E-state index contributed by atoms with van der Waals surface area (Å²) >= 11 is 0. The van der Waals surface area contributed by atoms with Crippen molar-refractivity contribution in [3.05, 3.63) is 23.8 Å². The van der Waals surface area contributed by atoms with E-state index < -0.39 is 0 Å². The molecule has 3 nitrogen and oxygen atoms in total. The summed E-state index contributed by atoms with van der Waals surface area (Å²) < 4.78 is 10.8. The monoisotopic (exact) mass is 263 g/mol. The van der Waals surface area contributed by atoms with Crippen molar-refractivity contribution in [1.82, 2.24) is 0 Å². The van der Waals surface area contributed by atoms with Gasteiger partial charge in [0.25, 0.3) is 0 Å². The van der Waals surface area contributed by atoms with Crippen LogP contribution in [0.4, 0.5) is 0 Å². The summed E-state index contributed by atoms with van der Waals surface area (Å²) in [5, 5.41) is 0. The molecule has 1 fully saturated rings. The van der Waals surface area contributed by atoms with Gasteiger partial charge in [-0.05, 0) is 42.9 Å². The van der Waals surface area contributed by atoms with Crippen molar-refractivity contribution >= 4 is 0 Å². The number of hydrogen-bond acceptors (Lipinski definition) is 3. The zero-order valence-electron chi connectivity index (χ0n) is 12.0. The van der Waals surface area contributed by atoms with Crippen molar-refractivity contribution < 1.29 is 9.47 Å². The molecule has 19 heavy (non-hydrogen) atoms. The largest absolute Gasteiger partial charge is 0.497 e. The van der Waals surface area contributed by atoms with Crippen LogP contribution in [0.15, 0.2) is 18.2 Å². The number of benzene rings is 1. The standard InChI is InChI=1S/C16H25NO2/c1-18-13-8-9-15(16(10-13)19-2)14-7-5-3-4-6-12(14)11-17/h8-10,12,14H,3-7,11,17H2,1-2H3. The molecule has 0 aromatic heterocycles. The van der Waals surface area contributed by atoms with Gasteiger partial charge in [-0.1, -0.05) is 25.3 Å². The maximum absolute atomic E-state index is 5.98. The van der Waals surface area contributed by atoms with Gasteiger partial charge in [-0.25, -0.2) is 0 Å². The second kappa shape index (κ2) is 6.80. The summed E-state index contributed by atoms with van der Waals surface area (Å²) in [5.74, 6) is 2.88. The first-order valence-electron chi connectivity index (χ1n) is 7.22. The van der Waals surface area contributed by atoms with Crippen molar-refractivity contribution in [2.24, 2.45) is 11.7 Å². The Morgan fingerprint density at radius 1 is 1.11 bits per heavy atom. The van der Waals surface area contributed by atoms with Crippen molar-refractivity contribution in [1.29, 1.82) is 0 Å². The highest BCUT2D eigenvalue weighted by atomic mass is 16.5. The van der Waals surface area contributed by atoms with Crippen molar-refractivity contribution in [2.45, 2.75) is 38.0 Å². The van der Waals surface area contributed by atoms with Crippen LogP contribution in [-0.4, -0.2) is 20.8 Å². The Morgan fingerprint density at radius 2 is 1.89 bits per heavy atom. The smallest absolute Gasteiger partial charge is 0.126 e. The van der Waals surface area contributed by atoms with Crippen LogP contribution in [0, 0.1) is 5.92 Å². The average molecular weight is 263 g/mol. The number of methoxy groups -OCH3 is 2. The Hall–Kier alpha value is -1.22. The van der Waals surface area contributed by atoms with Gasteiger partial charge < -0.3 is 15.2 Å². The molecule has 1 aromatic carbocycles. The van der Waals surface area contributed by atoms with Crippen LogP contribution >= 0.6 is 0 Å². The molecule has 3 heteroatoms. The Bertz CT molecular complexity index is 406. The molecule has 2 rings (SSSR count). The topological polar surface area (TPSA) is 44.5 Å². The lowest BCUT2D eigenvalue weighted by atomic mass is 9.82. The van der Waals surface area contributed by atoms with E-state index in [0.29, 0.717) is 11.8 Å². The van der Waals surface area contributed by atoms with E-state index in [2.05, 4.69) is 6.07 Å². The fourth-order valence-corrected chi connectivity index (χ4v) is 3.20. The van der Waals surface area contributed by atoms with E-state index in [1.807, 2.05) is 12.1 Å². The molecule has 1 aromatic rings. The molecule has 0 radical (unpaired) electrons.